The summed E-state index contributed by atoms with van der Waals surface area (Å²) in [6.45, 7) is 2.96. The molecule has 0 aliphatic rings. The molecule has 0 saturated carbocycles. The maximum atomic E-state index is 12.1. The van der Waals surface area contributed by atoms with Crippen molar-refractivity contribution in [3.63, 3.8) is 0 Å². The molecule has 2 amide bonds. The highest BCUT2D eigenvalue weighted by molar-refractivity contribution is 6.32. The number of carbonyl (C=O) groups is 2. The van der Waals surface area contributed by atoms with Crippen LogP contribution in [0.3, 0.4) is 0 Å². The van der Waals surface area contributed by atoms with Crippen LogP contribution in [0.15, 0.2) is 48.5 Å². The molecule has 5 nitrogen and oxygen atoms in total. The standard InChI is InChI=1S/C20H23ClN2O3/c1-15-7-3-4-8-16(15)20(25)22-12-11-19(24)23(2)13-14-26-18-10-6-5-9-17(18)21/h3-10H,11-14H2,1-2H3,(H,22,25). The lowest BCUT2D eigenvalue weighted by molar-refractivity contribution is -0.130. The second-order valence-electron chi connectivity index (χ2n) is 5.91. The van der Waals surface area contributed by atoms with Crippen LogP contribution in [0.1, 0.15) is 22.3 Å². The zero-order valence-electron chi connectivity index (χ0n) is 15.0. The summed E-state index contributed by atoms with van der Waals surface area (Å²) in [4.78, 5) is 25.8. The van der Waals surface area contributed by atoms with Gasteiger partial charge < -0.3 is 15.0 Å². The monoisotopic (exact) mass is 374 g/mol. The lowest BCUT2D eigenvalue weighted by atomic mass is 10.1. The summed E-state index contributed by atoms with van der Waals surface area (Å²) < 4.78 is 5.58. The molecule has 0 spiro atoms. The molecule has 0 unspecified atom stereocenters. The summed E-state index contributed by atoms with van der Waals surface area (Å²) in [5.74, 6) is 0.374. The predicted octanol–water partition coefficient (Wildman–Crippen LogP) is 3.31. The van der Waals surface area contributed by atoms with Gasteiger partial charge in [-0.3, -0.25) is 9.59 Å². The first-order valence-electron chi connectivity index (χ1n) is 8.44. The minimum Gasteiger partial charge on any atom is -0.490 e. The van der Waals surface area contributed by atoms with Crippen LogP contribution in [-0.2, 0) is 4.79 Å². The molecule has 0 aromatic heterocycles. The van der Waals surface area contributed by atoms with Gasteiger partial charge in [0.25, 0.3) is 5.91 Å². The van der Waals surface area contributed by atoms with E-state index in [4.69, 9.17) is 16.3 Å². The molecule has 6 heteroatoms. The van der Waals surface area contributed by atoms with Crippen molar-refractivity contribution in [1.82, 2.24) is 10.2 Å². The summed E-state index contributed by atoms with van der Waals surface area (Å²) in [5.41, 5.74) is 1.53. The summed E-state index contributed by atoms with van der Waals surface area (Å²) in [6, 6.07) is 14.6. The zero-order valence-corrected chi connectivity index (χ0v) is 15.8. The van der Waals surface area contributed by atoms with Crippen molar-refractivity contribution in [1.29, 1.82) is 0 Å². The third-order valence-corrected chi connectivity index (χ3v) is 4.27. The topological polar surface area (TPSA) is 58.6 Å². The molecule has 138 valence electrons. The van der Waals surface area contributed by atoms with Crippen LogP contribution < -0.4 is 10.1 Å². The summed E-state index contributed by atoms with van der Waals surface area (Å²) in [6.07, 6.45) is 0.236. The van der Waals surface area contributed by atoms with E-state index in [2.05, 4.69) is 5.32 Å². The smallest absolute Gasteiger partial charge is 0.251 e. The van der Waals surface area contributed by atoms with E-state index in [1.165, 1.54) is 0 Å². The van der Waals surface area contributed by atoms with Gasteiger partial charge in [0.1, 0.15) is 12.4 Å². The van der Waals surface area contributed by atoms with Crippen molar-refractivity contribution in [2.24, 2.45) is 0 Å². The first-order chi connectivity index (χ1) is 12.5. The largest absolute Gasteiger partial charge is 0.490 e. The number of benzene rings is 2. The van der Waals surface area contributed by atoms with Crippen molar-refractivity contribution in [2.75, 3.05) is 26.7 Å². The minimum atomic E-state index is -0.166. The Labute approximate surface area is 158 Å². The van der Waals surface area contributed by atoms with E-state index in [1.54, 1.807) is 30.1 Å². The Bertz CT molecular complexity index is 764. The van der Waals surface area contributed by atoms with Crippen LogP contribution in [0.25, 0.3) is 0 Å². The fraction of sp³-hybridized carbons (Fsp3) is 0.300. The molecule has 0 fully saturated rings. The van der Waals surface area contributed by atoms with Gasteiger partial charge in [-0.15, -0.1) is 0 Å². The maximum Gasteiger partial charge on any atom is 0.251 e. The number of rotatable bonds is 8. The average molecular weight is 375 g/mol. The molecular weight excluding hydrogens is 352 g/mol. The molecule has 1 N–H and O–H groups in total. The Hall–Kier alpha value is -2.53. The normalized spacial score (nSPS) is 10.3. The lowest BCUT2D eigenvalue weighted by Gasteiger charge is -2.18. The zero-order chi connectivity index (χ0) is 18.9. The number of nitrogens with one attached hydrogen (secondary N) is 1. The van der Waals surface area contributed by atoms with Gasteiger partial charge >= 0.3 is 0 Å². The fourth-order valence-electron chi connectivity index (χ4n) is 2.38. The number of amides is 2. The molecule has 0 radical (unpaired) electrons. The third-order valence-electron chi connectivity index (χ3n) is 3.96. The quantitative estimate of drug-likeness (QED) is 0.771. The van der Waals surface area contributed by atoms with E-state index in [9.17, 15) is 9.59 Å². The molecule has 0 aliphatic carbocycles. The van der Waals surface area contributed by atoms with E-state index in [-0.39, 0.29) is 18.2 Å². The molecule has 0 bridgehead atoms. The van der Waals surface area contributed by atoms with Gasteiger partial charge in [-0.25, -0.2) is 0 Å². The van der Waals surface area contributed by atoms with E-state index in [1.807, 2.05) is 37.3 Å². The highest BCUT2D eigenvalue weighted by Crippen LogP contribution is 2.22. The number of nitrogens with zero attached hydrogens (tertiary/aromatic N) is 1. The summed E-state index contributed by atoms with van der Waals surface area (Å²) >= 11 is 6.02. The summed E-state index contributed by atoms with van der Waals surface area (Å²) in [5, 5.41) is 3.32. The first-order valence-corrected chi connectivity index (χ1v) is 8.82. The Morgan fingerprint density at radius 3 is 2.54 bits per heavy atom. The van der Waals surface area contributed by atoms with Crippen LogP contribution in [0, 0.1) is 6.92 Å². The van der Waals surface area contributed by atoms with Gasteiger partial charge in [-0.1, -0.05) is 41.9 Å². The van der Waals surface area contributed by atoms with E-state index in [0.29, 0.717) is 36.0 Å². The predicted molar refractivity (Wildman–Crippen MR) is 103 cm³/mol. The van der Waals surface area contributed by atoms with Crippen molar-refractivity contribution in [3.05, 3.63) is 64.7 Å². The molecule has 2 rings (SSSR count). The molecule has 0 heterocycles. The molecule has 0 aliphatic heterocycles. The SMILES string of the molecule is Cc1ccccc1C(=O)NCCC(=O)N(C)CCOc1ccccc1Cl. The Morgan fingerprint density at radius 2 is 1.81 bits per heavy atom. The molecule has 2 aromatic rings. The molecule has 0 saturated heterocycles. The number of para-hydroxylation sites is 1. The van der Waals surface area contributed by atoms with Crippen LogP contribution >= 0.6 is 11.6 Å². The van der Waals surface area contributed by atoms with Crippen LogP contribution in [0.2, 0.25) is 5.02 Å². The highest BCUT2D eigenvalue weighted by atomic mass is 35.5. The number of hydrogen-bond donors (Lipinski definition) is 1. The Kier molecular flexibility index (Phi) is 7.48. The van der Waals surface area contributed by atoms with Gasteiger partial charge in [-0.2, -0.15) is 0 Å². The Balaban J connectivity index is 1.69. The van der Waals surface area contributed by atoms with E-state index < -0.39 is 0 Å². The third kappa shape index (κ3) is 5.77. The molecule has 2 aromatic carbocycles. The number of ether oxygens (including phenoxy) is 1. The van der Waals surface area contributed by atoms with Crippen LogP contribution in [0.4, 0.5) is 0 Å². The van der Waals surface area contributed by atoms with Gasteiger partial charge in [0.15, 0.2) is 0 Å². The lowest BCUT2D eigenvalue weighted by Crippen LogP contribution is -2.34. The van der Waals surface area contributed by atoms with Gasteiger partial charge in [0.2, 0.25) is 5.91 Å². The van der Waals surface area contributed by atoms with Crippen molar-refractivity contribution in [2.45, 2.75) is 13.3 Å². The van der Waals surface area contributed by atoms with Crippen molar-refractivity contribution >= 4 is 23.4 Å². The first kappa shape index (κ1) is 19.8. The maximum absolute atomic E-state index is 12.1. The molecule has 0 atom stereocenters. The number of likely N-dealkylation sites (N-methyl/N-ethyl adjacent to an activating group) is 1. The summed E-state index contributed by atoms with van der Waals surface area (Å²) in [7, 11) is 1.71. The number of aryl methyl sites for hydroxylation is 1. The highest BCUT2D eigenvalue weighted by Gasteiger charge is 2.11. The minimum absolute atomic E-state index is 0.0576. The van der Waals surface area contributed by atoms with E-state index >= 15 is 0 Å². The molecular formula is C20H23ClN2O3. The fourth-order valence-corrected chi connectivity index (χ4v) is 2.57. The Morgan fingerprint density at radius 1 is 1.12 bits per heavy atom. The number of carbonyl (C=O) groups excluding carboxylic acids is 2. The van der Waals surface area contributed by atoms with Gasteiger partial charge in [0, 0.05) is 25.6 Å². The second-order valence-corrected chi connectivity index (χ2v) is 6.32. The van der Waals surface area contributed by atoms with Crippen LogP contribution in [0.5, 0.6) is 5.75 Å². The van der Waals surface area contributed by atoms with Crippen LogP contribution in [-0.4, -0.2) is 43.5 Å². The number of halogens is 1. The average Bonchev–Trinajstić information content (AvgIpc) is 2.63. The van der Waals surface area contributed by atoms with Crippen molar-refractivity contribution in [3.8, 4) is 5.75 Å². The second kappa shape index (κ2) is 9.82. The van der Waals surface area contributed by atoms with E-state index in [0.717, 1.165) is 5.56 Å². The molecule has 26 heavy (non-hydrogen) atoms. The van der Waals surface area contributed by atoms with Gasteiger partial charge in [0.05, 0.1) is 11.6 Å². The van der Waals surface area contributed by atoms with Crippen molar-refractivity contribution < 1.29 is 14.3 Å². The van der Waals surface area contributed by atoms with Gasteiger partial charge in [-0.05, 0) is 30.7 Å². The number of hydrogen-bond acceptors (Lipinski definition) is 3.